The van der Waals surface area contributed by atoms with Gasteiger partial charge in [-0.25, -0.2) is 0 Å². The van der Waals surface area contributed by atoms with E-state index in [9.17, 15) is 4.79 Å². The predicted molar refractivity (Wildman–Crippen MR) is 65.0 cm³/mol. The van der Waals surface area contributed by atoms with Crippen LogP contribution in [0.25, 0.3) is 0 Å². The minimum Gasteiger partial charge on any atom is -0.398 e. The van der Waals surface area contributed by atoms with Crippen LogP contribution < -0.4 is 5.73 Å². The van der Waals surface area contributed by atoms with Crippen LogP contribution in [0.3, 0.4) is 0 Å². The highest BCUT2D eigenvalue weighted by molar-refractivity contribution is 5.80. The molecule has 1 aromatic rings. The van der Waals surface area contributed by atoms with E-state index in [4.69, 9.17) is 5.73 Å². The zero-order chi connectivity index (χ0) is 11.5. The van der Waals surface area contributed by atoms with Gasteiger partial charge in [0, 0.05) is 18.8 Å². The average molecular weight is 218 g/mol. The average Bonchev–Trinajstić information content (AvgIpc) is 2.18. The molecule has 1 saturated carbocycles. The molecular formula is C13H18N2O. The van der Waals surface area contributed by atoms with Crippen LogP contribution in [0.2, 0.25) is 0 Å². The van der Waals surface area contributed by atoms with Crippen LogP contribution in [0, 0.1) is 0 Å². The lowest BCUT2D eigenvalue weighted by atomic mass is 9.91. The Balaban J connectivity index is 1.99. The molecule has 86 valence electrons. The first-order chi connectivity index (χ1) is 7.68. The standard InChI is InChI=1S/C13H18N2O/c1-15(11-6-4-7-11)13(16)9-10-5-2-3-8-12(10)14/h2-3,5,8,11H,4,6-7,9,14H2,1H3. The number of hydrogen-bond donors (Lipinski definition) is 1. The summed E-state index contributed by atoms with van der Waals surface area (Å²) in [5.41, 5.74) is 7.46. The molecule has 16 heavy (non-hydrogen) atoms. The largest absolute Gasteiger partial charge is 0.398 e. The predicted octanol–water partition coefficient (Wildman–Crippen LogP) is 1.82. The summed E-state index contributed by atoms with van der Waals surface area (Å²) in [6.45, 7) is 0. The number of carbonyl (C=O) groups is 1. The van der Waals surface area contributed by atoms with Gasteiger partial charge in [0.05, 0.1) is 6.42 Å². The normalized spacial score (nSPS) is 15.6. The highest BCUT2D eigenvalue weighted by atomic mass is 16.2. The lowest BCUT2D eigenvalue weighted by molar-refractivity contribution is -0.132. The number of para-hydroxylation sites is 1. The molecule has 1 aliphatic carbocycles. The van der Waals surface area contributed by atoms with Gasteiger partial charge in [0.1, 0.15) is 0 Å². The molecule has 0 spiro atoms. The lowest BCUT2D eigenvalue weighted by Gasteiger charge is -2.34. The summed E-state index contributed by atoms with van der Waals surface area (Å²) in [5.74, 6) is 0.169. The molecule has 0 unspecified atom stereocenters. The minimum atomic E-state index is 0.169. The van der Waals surface area contributed by atoms with E-state index in [-0.39, 0.29) is 5.91 Å². The van der Waals surface area contributed by atoms with Gasteiger partial charge in [0.2, 0.25) is 5.91 Å². The number of benzene rings is 1. The summed E-state index contributed by atoms with van der Waals surface area (Å²) in [4.78, 5) is 13.8. The molecule has 1 amide bonds. The number of nitrogens with zero attached hydrogens (tertiary/aromatic N) is 1. The van der Waals surface area contributed by atoms with Crippen LogP contribution in [0.4, 0.5) is 5.69 Å². The molecule has 3 heteroatoms. The van der Waals surface area contributed by atoms with Gasteiger partial charge in [0.25, 0.3) is 0 Å². The molecule has 3 nitrogen and oxygen atoms in total. The Hall–Kier alpha value is -1.51. The van der Waals surface area contributed by atoms with Gasteiger partial charge in [-0.15, -0.1) is 0 Å². The summed E-state index contributed by atoms with van der Waals surface area (Å²) < 4.78 is 0. The second-order valence-corrected chi connectivity index (χ2v) is 4.46. The molecule has 2 N–H and O–H groups in total. The van der Waals surface area contributed by atoms with Crippen molar-refractivity contribution in [1.29, 1.82) is 0 Å². The Morgan fingerprint density at radius 2 is 2.12 bits per heavy atom. The number of likely N-dealkylation sites (N-methyl/N-ethyl adjacent to an activating group) is 1. The van der Waals surface area contributed by atoms with Gasteiger partial charge in [-0.05, 0) is 30.9 Å². The van der Waals surface area contributed by atoms with Crippen LogP contribution in [0.5, 0.6) is 0 Å². The first kappa shape index (κ1) is 11.0. The first-order valence-corrected chi connectivity index (χ1v) is 5.77. The zero-order valence-corrected chi connectivity index (χ0v) is 9.65. The van der Waals surface area contributed by atoms with Crippen LogP contribution in [-0.2, 0) is 11.2 Å². The highest BCUT2D eigenvalue weighted by Crippen LogP contribution is 2.24. The Bertz CT molecular complexity index is 385. The first-order valence-electron chi connectivity index (χ1n) is 5.77. The maximum atomic E-state index is 12.0. The quantitative estimate of drug-likeness (QED) is 0.787. The SMILES string of the molecule is CN(C(=O)Cc1ccccc1N)C1CCC1. The third-order valence-corrected chi connectivity index (χ3v) is 3.41. The molecule has 0 heterocycles. The third kappa shape index (κ3) is 2.18. The van der Waals surface area contributed by atoms with Crippen molar-refractivity contribution in [3.8, 4) is 0 Å². The van der Waals surface area contributed by atoms with E-state index in [1.807, 2.05) is 36.2 Å². The number of nitrogens with two attached hydrogens (primary N) is 1. The Morgan fingerprint density at radius 1 is 1.44 bits per heavy atom. The van der Waals surface area contributed by atoms with Crippen molar-refractivity contribution in [3.05, 3.63) is 29.8 Å². The molecule has 1 aromatic carbocycles. The smallest absolute Gasteiger partial charge is 0.227 e. The van der Waals surface area contributed by atoms with Gasteiger partial charge in [-0.3, -0.25) is 4.79 Å². The van der Waals surface area contributed by atoms with E-state index < -0.39 is 0 Å². The van der Waals surface area contributed by atoms with Crippen LogP contribution >= 0.6 is 0 Å². The number of anilines is 1. The zero-order valence-electron chi connectivity index (χ0n) is 9.65. The molecule has 0 atom stereocenters. The molecule has 1 aliphatic rings. The molecule has 0 bridgehead atoms. The fraction of sp³-hybridized carbons (Fsp3) is 0.462. The fourth-order valence-corrected chi connectivity index (χ4v) is 1.96. The summed E-state index contributed by atoms with van der Waals surface area (Å²) in [7, 11) is 1.89. The number of hydrogen-bond acceptors (Lipinski definition) is 2. The van der Waals surface area contributed by atoms with Gasteiger partial charge in [-0.1, -0.05) is 18.2 Å². The van der Waals surface area contributed by atoms with Crippen molar-refractivity contribution in [3.63, 3.8) is 0 Å². The van der Waals surface area contributed by atoms with Crippen LogP contribution in [0.15, 0.2) is 24.3 Å². The summed E-state index contributed by atoms with van der Waals surface area (Å²) in [6, 6.07) is 8.02. The maximum Gasteiger partial charge on any atom is 0.227 e. The topological polar surface area (TPSA) is 46.3 Å². The van der Waals surface area contributed by atoms with Gasteiger partial charge >= 0.3 is 0 Å². The number of nitrogen functional groups attached to an aromatic ring is 1. The van der Waals surface area contributed by atoms with E-state index >= 15 is 0 Å². The van der Waals surface area contributed by atoms with Gasteiger partial charge < -0.3 is 10.6 Å². The van der Waals surface area contributed by atoms with E-state index in [2.05, 4.69) is 0 Å². The van der Waals surface area contributed by atoms with Crippen LogP contribution in [0.1, 0.15) is 24.8 Å². The monoisotopic (exact) mass is 218 g/mol. The molecule has 2 rings (SSSR count). The number of carbonyl (C=O) groups excluding carboxylic acids is 1. The van der Waals surface area contributed by atoms with E-state index in [0.29, 0.717) is 18.2 Å². The fourth-order valence-electron chi connectivity index (χ4n) is 1.96. The number of rotatable bonds is 3. The van der Waals surface area contributed by atoms with Gasteiger partial charge in [-0.2, -0.15) is 0 Å². The second-order valence-electron chi connectivity index (χ2n) is 4.46. The summed E-state index contributed by atoms with van der Waals surface area (Å²) in [5, 5.41) is 0. The van der Waals surface area contributed by atoms with Crippen molar-refractivity contribution < 1.29 is 4.79 Å². The van der Waals surface area contributed by atoms with E-state index in [0.717, 1.165) is 18.4 Å². The third-order valence-electron chi connectivity index (χ3n) is 3.41. The Labute approximate surface area is 96.2 Å². The summed E-state index contributed by atoms with van der Waals surface area (Å²) >= 11 is 0. The Kier molecular flexibility index (Phi) is 3.13. The van der Waals surface area contributed by atoms with E-state index in [1.165, 1.54) is 6.42 Å². The molecule has 0 aliphatic heterocycles. The second kappa shape index (κ2) is 4.56. The van der Waals surface area contributed by atoms with Crippen molar-refractivity contribution in [2.75, 3.05) is 12.8 Å². The van der Waals surface area contributed by atoms with Crippen molar-refractivity contribution >= 4 is 11.6 Å². The molecular weight excluding hydrogens is 200 g/mol. The van der Waals surface area contributed by atoms with Crippen molar-refractivity contribution in [1.82, 2.24) is 4.90 Å². The maximum absolute atomic E-state index is 12.0. The minimum absolute atomic E-state index is 0.169. The molecule has 0 saturated heterocycles. The molecule has 0 radical (unpaired) electrons. The summed E-state index contributed by atoms with van der Waals surface area (Å²) in [6.07, 6.45) is 3.95. The van der Waals surface area contributed by atoms with Crippen LogP contribution in [-0.4, -0.2) is 23.9 Å². The number of amides is 1. The molecule has 1 fully saturated rings. The van der Waals surface area contributed by atoms with Crippen molar-refractivity contribution in [2.24, 2.45) is 0 Å². The Morgan fingerprint density at radius 3 is 2.69 bits per heavy atom. The molecule has 0 aromatic heterocycles. The highest BCUT2D eigenvalue weighted by Gasteiger charge is 2.25. The lowest BCUT2D eigenvalue weighted by Crippen LogP contribution is -2.42. The van der Waals surface area contributed by atoms with Gasteiger partial charge in [0.15, 0.2) is 0 Å². The van der Waals surface area contributed by atoms with E-state index in [1.54, 1.807) is 0 Å². The van der Waals surface area contributed by atoms with Crippen molar-refractivity contribution in [2.45, 2.75) is 31.7 Å².